The van der Waals surface area contributed by atoms with Gasteiger partial charge in [-0.05, 0) is 41.1 Å². The summed E-state index contributed by atoms with van der Waals surface area (Å²) in [5.41, 5.74) is 4.53. The molecule has 196 valence electrons. The zero-order valence-electron chi connectivity index (χ0n) is 22.3. The van der Waals surface area contributed by atoms with Crippen LogP contribution in [0.2, 0.25) is 0 Å². The lowest BCUT2D eigenvalue weighted by molar-refractivity contribution is 0.669. The Bertz CT molecular complexity index is 2360. The zero-order chi connectivity index (χ0) is 27.6. The lowest BCUT2D eigenvalue weighted by Gasteiger charge is -2.11. The van der Waals surface area contributed by atoms with Crippen molar-refractivity contribution in [1.29, 1.82) is 0 Å². The molecule has 0 saturated heterocycles. The third-order valence-electron chi connectivity index (χ3n) is 7.93. The average molecular weight is 556 g/mol. The highest BCUT2D eigenvalue weighted by Gasteiger charge is 2.19. The normalized spacial score (nSPS) is 11.8. The lowest BCUT2D eigenvalue weighted by atomic mass is 10.0. The summed E-state index contributed by atoms with van der Waals surface area (Å²) in [7, 11) is 0. The van der Waals surface area contributed by atoms with Gasteiger partial charge in [0.2, 0.25) is 0 Å². The third-order valence-corrected chi connectivity index (χ3v) is 9.07. The summed E-state index contributed by atoms with van der Waals surface area (Å²) in [5.74, 6) is 1.92. The van der Waals surface area contributed by atoms with E-state index in [1.165, 1.54) is 25.6 Å². The van der Waals surface area contributed by atoms with Crippen LogP contribution in [0.25, 0.3) is 87.0 Å². The van der Waals surface area contributed by atoms with Crippen LogP contribution in [-0.2, 0) is 0 Å². The molecule has 0 radical (unpaired) electrons. The smallest absolute Gasteiger partial charge is 0.164 e. The molecule has 5 heteroatoms. The number of thiophene rings is 1. The highest BCUT2D eigenvalue weighted by Crippen LogP contribution is 2.41. The molecule has 0 fully saturated rings. The van der Waals surface area contributed by atoms with Crippen molar-refractivity contribution in [1.82, 2.24) is 15.0 Å². The molecule has 0 aliphatic heterocycles. The Morgan fingerprint density at radius 1 is 0.452 bits per heavy atom. The summed E-state index contributed by atoms with van der Waals surface area (Å²) in [6, 6.07) is 43.9. The van der Waals surface area contributed by atoms with Crippen LogP contribution < -0.4 is 0 Å². The number of aromatic nitrogens is 3. The minimum atomic E-state index is 0.622. The van der Waals surface area contributed by atoms with E-state index in [1.54, 1.807) is 11.3 Å². The molecule has 0 saturated carbocycles. The van der Waals surface area contributed by atoms with Crippen LogP contribution in [0, 0.1) is 0 Å². The summed E-state index contributed by atoms with van der Waals surface area (Å²) in [5, 5.41) is 6.77. The van der Waals surface area contributed by atoms with Gasteiger partial charge in [0.05, 0.1) is 0 Å². The minimum absolute atomic E-state index is 0.622. The molecule has 3 heterocycles. The van der Waals surface area contributed by atoms with E-state index in [9.17, 15) is 0 Å². The van der Waals surface area contributed by atoms with E-state index in [4.69, 9.17) is 19.4 Å². The van der Waals surface area contributed by atoms with Crippen molar-refractivity contribution in [2.45, 2.75) is 0 Å². The molecule has 0 amide bonds. The summed E-state index contributed by atoms with van der Waals surface area (Å²) < 4.78 is 8.68. The quantitative estimate of drug-likeness (QED) is 0.218. The van der Waals surface area contributed by atoms with E-state index >= 15 is 0 Å². The molecular formula is C37H21N3OS. The summed E-state index contributed by atoms with van der Waals surface area (Å²) in [6.45, 7) is 0. The second kappa shape index (κ2) is 9.06. The first-order chi connectivity index (χ1) is 20.8. The second-order valence-corrected chi connectivity index (χ2v) is 11.5. The molecule has 0 bridgehead atoms. The van der Waals surface area contributed by atoms with E-state index in [0.29, 0.717) is 17.5 Å². The molecule has 0 spiro atoms. The third kappa shape index (κ3) is 3.57. The Morgan fingerprint density at radius 3 is 1.98 bits per heavy atom. The van der Waals surface area contributed by atoms with Gasteiger partial charge >= 0.3 is 0 Å². The Kier molecular flexibility index (Phi) is 5.03. The van der Waals surface area contributed by atoms with Crippen LogP contribution in [0.15, 0.2) is 132 Å². The molecule has 4 nitrogen and oxygen atoms in total. The van der Waals surface area contributed by atoms with Crippen molar-refractivity contribution in [3.05, 3.63) is 127 Å². The molecule has 0 aliphatic carbocycles. The van der Waals surface area contributed by atoms with Gasteiger partial charge in [-0.25, -0.2) is 15.0 Å². The van der Waals surface area contributed by atoms with Crippen LogP contribution in [-0.4, -0.2) is 15.0 Å². The monoisotopic (exact) mass is 555 g/mol. The maximum absolute atomic E-state index is 6.22. The summed E-state index contributed by atoms with van der Waals surface area (Å²) >= 11 is 1.79. The maximum Gasteiger partial charge on any atom is 0.164 e. The molecule has 0 unspecified atom stereocenters. The number of benzene rings is 6. The van der Waals surface area contributed by atoms with Gasteiger partial charge in [-0.2, -0.15) is 0 Å². The van der Waals surface area contributed by atoms with E-state index in [0.717, 1.165) is 44.0 Å². The van der Waals surface area contributed by atoms with Crippen LogP contribution >= 0.6 is 11.3 Å². The van der Waals surface area contributed by atoms with Crippen molar-refractivity contribution in [2.24, 2.45) is 0 Å². The first kappa shape index (κ1) is 23.3. The first-order valence-corrected chi connectivity index (χ1v) is 14.7. The van der Waals surface area contributed by atoms with Gasteiger partial charge in [-0.15, -0.1) is 11.3 Å². The fraction of sp³-hybridized carbons (Fsp3) is 0. The Labute approximate surface area is 244 Å². The largest absolute Gasteiger partial charge is 0.456 e. The van der Waals surface area contributed by atoms with Crippen molar-refractivity contribution in [3.8, 4) is 34.2 Å². The van der Waals surface area contributed by atoms with E-state index in [2.05, 4.69) is 97.1 Å². The Morgan fingerprint density at radius 2 is 1.10 bits per heavy atom. The second-order valence-electron chi connectivity index (χ2n) is 10.4. The van der Waals surface area contributed by atoms with E-state index < -0.39 is 0 Å². The molecule has 0 atom stereocenters. The van der Waals surface area contributed by atoms with Gasteiger partial charge in [0.1, 0.15) is 11.2 Å². The van der Waals surface area contributed by atoms with Crippen LogP contribution in [0.5, 0.6) is 0 Å². The van der Waals surface area contributed by atoms with E-state index in [1.807, 2.05) is 30.3 Å². The first-order valence-electron chi connectivity index (χ1n) is 13.9. The lowest BCUT2D eigenvalue weighted by Crippen LogP contribution is -2.00. The predicted molar refractivity (Wildman–Crippen MR) is 174 cm³/mol. The predicted octanol–water partition coefficient (Wildman–Crippen LogP) is 10.3. The molecule has 9 rings (SSSR count). The van der Waals surface area contributed by atoms with Gasteiger partial charge in [-0.3, -0.25) is 0 Å². The Balaban J connectivity index is 1.36. The number of furan rings is 1. The fourth-order valence-electron chi connectivity index (χ4n) is 6.00. The average Bonchev–Trinajstić information content (AvgIpc) is 3.63. The molecule has 0 N–H and O–H groups in total. The standard InChI is InChI=1S/C37H21N3OS/c1-2-10-23-21-24(20-19-22(23)9-1)35-38-36(27-13-7-16-30-33(27)25-11-3-5-15-29(25)41-30)40-37(39-35)28-14-8-18-32-34(28)26-12-4-6-17-31(26)42-32/h1-21H. The van der Waals surface area contributed by atoms with Gasteiger partial charge in [0.15, 0.2) is 17.5 Å². The SMILES string of the molecule is c1ccc2cc(-c3nc(-c4cccc5oc6ccccc6c45)nc(-c4cccc5sc6ccccc6c45)n3)ccc2c1. The number of nitrogens with zero attached hydrogens (tertiary/aromatic N) is 3. The van der Waals surface area contributed by atoms with Crippen molar-refractivity contribution in [2.75, 3.05) is 0 Å². The number of hydrogen-bond acceptors (Lipinski definition) is 5. The van der Waals surface area contributed by atoms with Gasteiger partial charge in [0.25, 0.3) is 0 Å². The molecule has 9 aromatic rings. The molecular weight excluding hydrogens is 534 g/mol. The molecule has 3 aromatic heterocycles. The number of para-hydroxylation sites is 1. The van der Waals surface area contributed by atoms with Gasteiger partial charge < -0.3 is 4.42 Å². The van der Waals surface area contributed by atoms with Crippen LogP contribution in [0.4, 0.5) is 0 Å². The topological polar surface area (TPSA) is 51.8 Å². The van der Waals surface area contributed by atoms with Crippen LogP contribution in [0.3, 0.4) is 0 Å². The molecule has 42 heavy (non-hydrogen) atoms. The number of fused-ring (bicyclic) bond motifs is 7. The highest BCUT2D eigenvalue weighted by atomic mass is 32.1. The van der Waals surface area contributed by atoms with Crippen molar-refractivity contribution < 1.29 is 4.42 Å². The van der Waals surface area contributed by atoms with E-state index in [-0.39, 0.29) is 0 Å². The maximum atomic E-state index is 6.22. The minimum Gasteiger partial charge on any atom is -0.456 e. The fourth-order valence-corrected chi connectivity index (χ4v) is 7.13. The Hall–Kier alpha value is -5.39. The summed E-state index contributed by atoms with van der Waals surface area (Å²) in [4.78, 5) is 15.4. The summed E-state index contributed by atoms with van der Waals surface area (Å²) in [6.07, 6.45) is 0. The highest BCUT2D eigenvalue weighted by molar-refractivity contribution is 7.25. The molecule has 0 aliphatic rings. The number of hydrogen-bond donors (Lipinski definition) is 0. The van der Waals surface area contributed by atoms with Gasteiger partial charge in [0, 0.05) is 47.6 Å². The van der Waals surface area contributed by atoms with Crippen LogP contribution in [0.1, 0.15) is 0 Å². The zero-order valence-corrected chi connectivity index (χ0v) is 23.1. The molecule has 6 aromatic carbocycles. The van der Waals surface area contributed by atoms with Crippen molar-refractivity contribution in [3.63, 3.8) is 0 Å². The van der Waals surface area contributed by atoms with Crippen molar-refractivity contribution >= 4 is 64.2 Å². The van der Waals surface area contributed by atoms with Gasteiger partial charge in [-0.1, -0.05) is 97.1 Å². The number of rotatable bonds is 3.